The SMILES string of the molecule is O=C(OCC1CCCCC1)c1cccc(F)n1. The second kappa shape index (κ2) is 5.75. The third kappa shape index (κ3) is 3.51. The molecule has 4 heteroatoms. The number of hydrogen-bond donors (Lipinski definition) is 0. The van der Waals surface area contributed by atoms with Crippen LogP contribution in [0.5, 0.6) is 0 Å². The molecule has 0 radical (unpaired) electrons. The van der Waals surface area contributed by atoms with Crippen molar-refractivity contribution in [1.82, 2.24) is 4.98 Å². The van der Waals surface area contributed by atoms with Crippen molar-refractivity contribution in [1.29, 1.82) is 0 Å². The zero-order valence-corrected chi connectivity index (χ0v) is 9.69. The number of aromatic nitrogens is 1. The number of rotatable bonds is 3. The van der Waals surface area contributed by atoms with Gasteiger partial charge >= 0.3 is 5.97 Å². The third-order valence-electron chi connectivity index (χ3n) is 3.10. The highest BCUT2D eigenvalue weighted by Crippen LogP contribution is 2.23. The minimum absolute atomic E-state index is 0.0424. The van der Waals surface area contributed by atoms with E-state index in [0.29, 0.717) is 12.5 Å². The summed E-state index contributed by atoms with van der Waals surface area (Å²) in [5.41, 5.74) is 0.0424. The van der Waals surface area contributed by atoms with Crippen LogP contribution in [-0.2, 0) is 4.74 Å². The Hall–Kier alpha value is -1.45. The van der Waals surface area contributed by atoms with Gasteiger partial charge < -0.3 is 4.74 Å². The van der Waals surface area contributed by atoms with E-state index >= 15 is 0 Å². The molecule has 1 aromatic rings. The van der Waals surface area contributed by atoms with E-state index in [9.17, 15) is 9.18 Å². The minimum Gasteiger partial charge on any atom is -0.461 e. The Morgan fingerprint density at radius 2 is 2.12 bits per heavy atom. The number of nitrogens with zero attached hydrogens (tertiary/aromatic N) is 1. The average molecular weight is 237 g/mol. The van der Waals surface area contributed by atoms with E-state index in [2.05, 4.69) is 4.98 Å². The predicted molar refractivity (Wildman–Crippen MR) is 61.1 cm³/mol. The van der Waals surface area contributed by atoms with E-state index in [0.717, 1.165) is 12.8 Å². The molecule has 1 fully saturated rings. The van der Waals surface area contributed by atoms with E-state index in [1.165, 1.54) is 37.5 Å². The van der Waals surface area contributed by atoms with Crippen LogP contribution in [0.2, 0.25) is 0 Å². The quantitative estimate of drug-likeness (QED) is 0.599. The number of hydrogen-bond acceptors (Lipinski definition) is 3. The molecule has 0 spiro atoms. The Morgan fingerprint density at radius 1 is 1.35 bits per heavy atom. The van der Waals surface area contributed by atoms with Crippen LogP contribution in [0.4, 0.5) is 4.39 Å². The summed E-state index contributed by atoms with van der Waals surface area (Å²) >= 11 is 0. The minimum atomic E-state index is -0.655. The Kier molecular flexibility index (Phi) is 4.07. The van der Waals surface area contributed by atoms with Crippen LogP contribution in [0.15, 0.2) is 18.2 Å². The van der Waals surface area contributed by atoms with Gasteiger partial charge in [0, 0.05) is 0 Å². The number of halogens is 1. The highest BCUT2D eigenvalue weighted by molar-refractivity contribution is 5.87. The first-order valence-electron chi connectivity index (χ1n) is 6.05. The van der Waals surface area contributed by atoms with Crippen molar-refractivity contribution in [3.8, 4) is 0 Å². The molecule has 0 amide bonds. The maximum absolute atomic E-state index is 12.8. The Labute approximate surface area is 100 Å². The molecule has 0 N–H and O–H groups in total. The molecule has 92 valence electrons. The molecular weight excluding hydrogens is 221 g/mol. The van der Waals surface area contributed by atoms with E-state index in [-0.39, 0.29) is 5.69 Å². The maximum Gasteiger partial charge on any atom is 0.357 e. The number of ether oxygens (including phenoxy) is 1. The standard InChI is InChI=1S/C13H16FNO2/c14-12-8-4-7-11(15-12)13(16)17-9-10-5-2-1-3-6-10/h4,7-8,10H,1-3,5-6,9H2. The third-order valence-corrected chi connectivity index (χ3v) is 3.10. The van der Waals surface area contributed by atoms with Crippen molar-refractivity contribution in [2.45, 2.75) is 32.1 Å². The summed E-state index contributed by atoms with van der Waals surface area (Å²) in [4.78, 5) is 15.1. The topological polar surface area (TPSA) is 39.2 Å². The van der Waals surface area contributed by atoms with Gasteiger partial charge in [-0.15, -0.1) is 0 Å². The molecule has 0 unspecified atom stereocenters. The van der Waals surface area contributed by atoms with E-state index < -0.39 is 11.9 Å². The highest BCUT2D eigenvalue weighted by Gasteiger charge is 2.16. The summed E-state index contributed by atoms with van der Waals surface area (Å²) < 4.78 is 18.0. The molecule has 17 heavy (non-hydrogen) atoms. The fourth-order valence-electron chi connectivity index (χ4n) is 2.14. The van der Waals surface area contributed by atoms with Crippen LogP contribution >= 0.6 is 0 Å². The van der Waals surface area contributed by atoms with Gasteiger partial charge in [0.25, 0.3) is 0 Å². The van der Waals surface area contributed by atoms with Crippen molar-refractivity contribution in [3.63, 3.8) is 0 Å². The van der Waals surface area contributed by atoms with Crippen LogP contribution in [0.25, 0.3) is 0 Å². The van der Waals surface area contributed by atoms with Crippen LogP contribution in [0, 0.1) is 11.9 Å². The first-order valence-corrected chi connectivity index (χ1v) is 6.05. The number of carbonyl (C=O) groups excluding carboxylic acids is 1. The van der Waals surface area contributed by atoms with Crippen molar-refractivity contribution in [3.05, 3.63) is 29.8 Å². The van der Waals surface area contributed by atoms with Gasteiger partial charge in [-0.3, -0.25) is 0 Å². The summed E-state index contributed by atoms with van der Waals surface area (Å²) in [6.07, 6.45) is 5.92. The fraction of sp³-hybridized carbons (Fsp3) is 0.538. The smallest absolute Gasteiger partial charge is 0.357 e. The molecule has 0 saturated heterocycles. The van der Waals surface area contributed by atoms with E-state index in [1.54, 1.807) is 0 Å². The van der Waals surface area contributed by atoms with Crippen molar-refractivity contribution in [2.75, 3.05) is 6.61 Å². The summed E-state index contributed by atoms with van der Waals surface area (Å²) in [7, 11) is 0. The van der Waals surface area contributed by atoms with Gasteiger partial charge in [-0.2, -0.15) is 4.39 Å². The van der Waals surface area contributed by atoms with Crippen LogP contribution in [0.1, 0.15) is 42.6 Å². The van der Waals surface area contributed by atoms with Crippen molar-refractivity contribution in [2.24, 2.45) is 5.92 Å². The van der Waals surface area contributed by atoms with Gasteiger partial charge in [0.1, 0.15) is 0 Å². The average Bonchev–Trinajstić information content (AvgIpc) is 2.37. The Balaban J connectivity index is 1.84. The summed E-state index contributed by atoms with van der Waals surface area (Å²) in [6.45, 7) is 0.428. The fourth-order valence-corrected chi connectivity index (χ4v) is 2.14. The molecule has 0 bridgehead atoms. The second-order valence-electron chi connectivity index (χ2n) is 4.45. The zero-order valence-electron chi connectivity index (χ0n) is 9.69. The van der Waals surface area contributed by atoms with Gasteiger partial charge in [-0.25, -0.2) is 9.78 Å². The number of carbonyl (C=O) groups is 1. The molecule has 1 saturated carbocycles. The Morgan fingerprint density at radius 3 is 2.82 bits per heavy atom. The number of pyridine rings is 1. The lowest BCUT2D eigenvalue weighted by Gasteiger charge is -2.20. The largest absolute Gasteiger partial charge is 0.461 e. The van der Waals surface area contributed by atoms with Gasteiger partial charge in [0.2, 0.25) is 5.95 Å². The van der Waals surface area contributed by atoms with Gasteiger partial charge in [-0.1, -0.05) is 25.3 Å². The molecule has 0 aromatic carbocycles. The summed E-state index contributed by atoms with van der Waals surface area (Å²) in [6, 6.07) is 4.13. The lowest BCUT2D eigenvalue weighted by atomic mass is 9.90. The molecule has 1 aliphatic rings. The van der Waals surface area contributed by atoms with Gasteiger partial charge in [-0.05, 0) is 30.9 Å². The van der Waals surface area contributed by atoms with Crippen molar-refractivity contribution < 1.29 is 13.9 Å². The first-order chi connectivity index (χ1) is 8.25. The molecule has 1 aromatic heterocycles. The predicted octanol–water partition coefficient (Wildman–Crippen LogP) is 2.96. The van der Waals surface area contributed by atoms with Gasteiger partial charge in [0.15, 0.2) is 5.69 Å². The molecule has 1 aliphatic carbocycles. The molecule has 0 aliphatic heterocycles. The molecule has 0 atom stereocenters. The van der Waals surface area contributed by atoms with Crippen LogP contribution in [0.3, 0.4) is 0 Å². The van der Waals surface area contributed by atoms with E-state index in [4.69, 9.17) is 4.74 Å². The summed E-state index contributed by atoms with van der Waals surface area (Å²) in [5, 5.41) is 0. The molecule has 2 rings (SSSR count). The zero-order chi connectivity index (χ0) is 12.1. The van der Waals surface area contributed by atoms with E-state index in [1.807, 2.05) is 0 Å². The Bertz CT molecular complexity index is 389. The van der Waals surface area contributed by atoms with Crippen molar-refractivity contribution >= 4 is 5.97 Å². The monoisotopic (exact) mass is 237 g/mol. The lowest BCUT2D eigenvalue weighted by Crippen LogP contribution is -2.17. The molecule has 1 heterocycles. The normalized spacial score (nSPS) is 16.8. The second-order valence-corrected chi connectivity index (χ2v) is 4.45. The molecule has 3 nitrogen and oxygen atoms in total. The molecular formula is C13H16FNO2. The maximum atomic E-state index is 12.8. The highest BCUT2D eigenvalue weighted by atomic mass is 19.1. The van der Waals surface area contributed by atoms with Crippen LogP contribution < -0.4 is 0 Å². The lowest BCUT2D eigenvalue weighted by molar-refractivity contribution is 0.0402. The summed E-state index contributed by atoms with van der Waals surface area (Å²) in [5.74, 6) is -0.728. The van der Waals surface area contributed by atoms with Crippen LogP contribution in [-0.4, -0.2) is 17.6 Å². The first kappa shape index (κ1) is 12.0. The van der Waals surface area contributed by atoms with Gasteiger partial charge in [0.05, 0.1) is 6.61 Å². The number of esters is 1.